The van der Waals surface area contributed by atoms with Crippen molar-refractivity contribution in [1.82, 2.24) is 19.7 Å². The number of nitrogens with one attached hydrogen (secondary N) is 2. The highest BCUT2D eigenvalue weighted by atomic mass is 32.2. The molecule has 0 aliphatic heterocycles. The molecular weight excluding hydrogens is 399 g/mol. The van der Waals surface area contributed by atoms with Crippen molar-refractivity contribution in [2.24, 2.45) is 5.92 Å². The molecule has 1 aliphatic carbocycles. The van der Waals surface area contributed by atoms with Crippen molar-refractivity contribution in [2.75, 3.05) is 24.2 Å². The van der Waals surface area contributed by atoms with E-state index >= 15 is 0 Å². The van der Waals surface area contributed by atoms with Gasteiger partial charge in [0, 0.05) is 38.0 Å². The Kier molecular flexibility index (Phi) is 7.71. The second-order valence-corrected chi connectivity index (χ2v) is 9.31. The molecule has 1 saturated carbocycles. The summed E-state index contributed by atoms with van der Waals surface area (Å²) in [5, 5.41) is 3.10. The normalized spacial score (nSPS) is 20.7. The fraction of sp³-hybridized carbons (Fsp3) is 0.550. The van der Waals surface area contributed by atoms with E-state index in [2.05, 4.69) is 37.0 Å². The predicted octanol–water partition coefficient (Wildman–Crippen LogP) is 5.02. The lowest BCUT2D eigenvalue weighted by Crippen LogP contribution is -2.36. The molecule has 2 aromatic rings. The minimum Gasteiger partial charge on any atom is -0.356 e. The highest BCUT2D eigenvalue weighted by Crippen LogP contribution is 2.33. The zero-order valence-electron chi connectivity index (χ0n) is 16.8. The quantitative estimate of drug-likeness (QED) is 0.581. The predicted molar refractivity (Wildman–Crippen MR) is 115 cm³/mol. The Bertz CT molecular complexity index is 870. The molecule has 3 rings (SSSR count). The Morgan fingerprint density at radius 3 is 2.72 bits per heavy atom. The van der Waals surface area contributed by atoms with Crippen LogP contribution in [0.3, 0.4) is 0 Å². The van der Waals surface area contributed by atoms with Gasteiger partial charge in [-0.2, -0.15) is 8.78 Å². The molecule has 2 heterocycles. The number of aromatic amines is 1. The van der Waals surface area contributed by atoms with Gasteiger partial charge in [-0.1, -0.05) is 5.37 Å². The summed E-state index contributed by atoms with van der Waals surface area (Å²) in [7, 11) is 1.92. The topological polar surface area (TPSA) is 56.8 Å². The summed E-state index contributed by atoms with van der Waals surface area (Å²) in [5.41, 5.74) is 0.850. The Morgan fingerprint density at radius 1 is 1.28 bits per heavy atom. The van der Waals surface area contributed by atoms with Crippen LogP contribution in [-0.4, -0.2) is 45.7 Å². The Balaban J connectivity index is 1.49. The molecule has 5 nitrogen and oxygen atoms in total. The van der Waals surface area contributed by atoms with Gasteiger partial charge in [-0.05, 0) is 44.6 Å². The van der Waals surface area contributed by atoms with Crippen LogP contribution < -0.4 is 9.62 Å². The minimum atomic E-state index is -2.21. The van der Waals surface area contributed by atoms with Gasteiger partial charge in [-0.25, -0.2) is 14.4 Å². The van der Waals surface area contributed by atoms with E-state index < -0.39 is 11.9 Å². The molecule has 29 heavy (non-hydrogen) atoms. The molecule has 9 heteroatoms. The van der Waals surface area contributed by atoms with E-state index in [1.54, 1.807) is 6.33 Å². The Hall–Kier alpha value is -1.87. The third-order valence-electron chi connectivity index (χ3n) is 5.57. The standard InChI is InChI=1S/C20H28F3N5S/c1-3-29(27-11-9-17(21)18(22)23)12-14-4-6-15(7-5-14)28(2)20-16-8-10-24-19(16)25-13-26-20/h3,8,10,13-15,27H,4-7,9,11-12H2,1-2H3,(H,24,25,26). The lowest BCUT2D eigenvalue weighted by Gasteiger charge is -2.36. The van der Waals surface area contributed by atoms with Crippen LogP contribution in [0.25, 0.3) is 11.0 Å². The number of nitrogens with zero attached hydrogens (tertiary/aromatic N) is 3. The monoisotopic (exact) mass is 427 g/mol. The van der Waals surface area contributed by atoms with Crippen LogP contribution in [0.5, 0.6) is 0 Å². The molecule has 0 saturated heterocycles. The van der Waals surface area contributed by atoms with E-state index in [0.717, 1.165) is 48.3 Å². The van der Waals surface area contributed by atoms with Crippen molar-refractivity contribution in [1.29, 1.82) is 0 Å². The number of hydrogen-bond donors (Lipinski definition) is 2. The van der Waals surface area contributed by atoms with Crippen molar-refractivity contribution in [3.8, 4) is 0 Å². The van der Waals surface area contributed by atoms with Gasteiger partial charge < -0.3 is 9.88 Å². The van der Waals surface area contributed by atoms with Gasteiger partial charge in [0.15, 0.2) is 5.83 Å². The van der Waals surface area contributed by atoms with Gasteiger partial charge >= 0.3 is 6.08 Å². The third kappa shape index (κ3) is 5.60. The van der Waals surface area contributed by atoms with E-state index in [9.17, 15) is 13.2 Å². The Labute approximate surface area is 171 Å². The maximum absolute atomic E-state index is 12.9. The Morgan fingerprint density at radius 2 is 2.03 bits per heavy atom. The third-order valence-corrected chi connectivity index (χ3v) is 7.54. The van der Waals surface area contributed by atoms with E-state index in [1.807, 2.05) is 19.2 Å². The molecule has 0 radical (unpaired) electrons. The van der Waals surface area contributed by atoms with Crippen LogP contribution in [0.4, 0.5) is 19.0 Å². The zero-order valence-corrected chi connectivity index (χ0v) is 17.6. The summed E-state index contributed by atoms with van der Waals surface area (Å²) in [5.74, 6) is 1.20. The van der Waals surface area contributed by atoms with Crippen molar-refractivity contribution in [3.05, 3.63) is 30.5 Å². The lowest BCUT2D eigenvalue weighted by molar-refractivity contribution is 0.344. The summed E-state index contributed by atoms with van der Waals surface area (Å²) < 4.78 is 40.5. The molecular formula is C20H28F3N5S. The van der Waals surface area contributed by atoms with Crippen molar-refractivity contribution >= 4 is 32.9 Å². The van der Waals surface area contributed by atoms with Gasteiger partial charge in [-0.15, -0.1) is 10.7 Å². The molecule has 160 valence electrons. The summed E-state index contributed by atoms with van der Waals surface area (Å²) >= 11 is 0. The molecule has 1 aliphatic rings. The summed E-state index contributed by atoms with van der Waals surface area (Å²) in [4.78, 5) is 14.1. The van der Waals surface area contributed by atoms with Crippen molar-refractivity contribution < 1.29 is 13.2 Å². The molecule has 0 bridgehead atoms. The van der Waals surface area contributed by atoms with Crippen LogP contribution in [-0.2, 0) is 0 Å². The first-order valence-corrected chi connectivity index (χ1v) is 11.4. The first-order chi connectivity index (χ1) is 14.0. The number of aromatic nitrogens is 3. The molecule has 1 unspecified atom stereocenters. The van der Waals surface area contributed by atoms with Crippen LogP contribution in [0.1, 0.15) is 39.0 Å². The largest absolute Gasteiger partial charge is 0.356 e. The molecule has 0 spiro atoms. The number of anilines is 1. The van der Waals surface area contributed by atoms with Gasteiger partial charge in [0.1, 0.15) is 17.8 Å². The van der Waals surface area contributed by atoms with E-state index in [-0.39, 0.29) is 23.6 Å². The van der Waals surface area contributed by atoms with Crippen LogP contribution >= 0.6 is 10.7 Å². The second kappa shape index (κ2) is 10.2. The molecule has 0 amide bonds. The van der Waals surface area contributed by atoms with E-state index in [4.69, 9.17) is 0 Å². The zero-order chi connectivity index (χ0) is 20.8. The number of rotatable bonds is 8. The van der Waals surface area contributed by atoms with Gasteiger partial charge in [-0.3, -0.25) is 4.72 Å². The van der Waals surface area contributed by atoms with Crippen LogP contribution in [0.15, 0.2) is 30.5 Å². The van der Waals surface area contributed by atoms with Crippen LogP contribution in [0, 0.1) is 5.92 Å². The number of fused-ring (bicyclic) bond motifs is 1. The summed E-state index contributed by atoms with van der Waals surface area (Å²) in [6, 6.07) is 2.44. The highest BCUT2D eigenvalue weighted by Gasteiger charge is 2.26. The van der Waals surface area contributed by atoms with Gasteiger partial charge in [0.25, 0.3) is 0 Å². The van der Waals surface area contributed by atoms with Crippen molar-refractivity contribution in [2.45, 2.75) is 45.1 Å². The van der Waals surface area contributed by atoms with Gasteiger partial charge in [0.05, 0.1) is 5.39 Å². The average molecular weight is 428 g/mol. The van der Waals surface area contributed by atoms with E-state index in [1.165, 1.54) is 0 Å². The number of halogens is 3. The fourth-order valence-corrected chi connectivity index (χ4v) is 5.57. The van der Waals surface area contributed by atoms with Crippen molar-refractivity contribution in [3.63, 3.8) is 0 Å². The molecule has 2 aromatic heterocycles. The maximum Gasteiger partial charge on any atom is 0.301 e. The molecule has 0 aromatic carbocycles. The minimum absolute atomic E-state index is 0.177. The van der Waals surface area contributed by atoms with Crippen LogP contribution in [0.2, 0.25) is 0 Å². The first-order valence-electron chi connectivity index (χ1n) is 9.92. The smallest absolute Gasteiger partial charge is 0.301 e. The highest BCUT2D eigenvalue weighted by molar-refractivity contribution is 8.13. The fourth-order valence-electron chi connectivity index (χ4n) is 3.89. The number of hydrogen-bond acceptors (Lipinski definition) is 4. The molecule has 1 fully saturated rings. The maximum atomic E-state index is 12.9. The molecule has 2 N–H and O–H groups in total. The van der Waals surface area contributed by atoms with Gasteiger partial charge in [0.2, 0.25) is 0 Å². The summed E-state index contributed by atoms with van der Waals surface area (Å²) in [6.45, 7) is 2.20. The first kappa shape index (κ1) is 21.8. The molecule has 1 atom stereocenters. The lowest BCUT2D eigenvalue weighted by atomic mass is 9.86. The number of H-pyrrole nitrogens is 1. The average Bonchev–Trinajstić information content (AvgIpc) is 3.21. The second-order valence-electron chi connectivity index (χ2n) is 7.36. The SMILES string of the molecule is C/C=S(\CC1CCC(N(C)c2ncnc3[nH]ccc23)CC1)NCCC(F)=C(F)F. The van der Waals surface area contributed by atoms with E-state index in [0.29, 0.717) is 12.0 Å². The summed E-state index contributed by atoms with van der Waals surface area (Å²) in [6.07, 6.45) is 5.40.